The first-order chi connectivity index (χ1) is 52.8. The predicted molar refractivity (Wildman–Crippen MR) is 403 cm³/mol. The Hall–Kier alpha value is -10.1. The number of Topliss-reactive ketones (excluding diaryl/α,β-unsaturated/α-hetero) is 4. The van der Waals surface area contributed by atoms with Crippen LogP contribution < -0.4 is 18.9 Å². The third-order valence-electron chi connectivity index (χ3n) is 20.0. The van der Waals surface area contributed by atoms with Crippen molar-refractivity contribution in [2.75, 3.05) is 125 Å². The number of nitrogens with zero attached hydrogens (tertiary/aromatic N) is 7. The number of aryl methyl sites for hydroxylation is 1. The fourth-order valence-corrected chi connectivity index (χ4v) is 14.6. The molecule has 576 valence electrons. The van der Waals surface area contributed by atoms with Gasteiger partial charge in [-0.3, -0.25) is 43.9 Å². The Morgan fingerprint density at radius 3 is 1.33 bits per heavy atom. The minimum absolute atomic E-state index is 0. The zero-order valence-corrected chi connectivity index (χ0v) is 64.8. The molecule has 110 heavy (non-hydrogen) atoms. The molecule has 5 fully saturated rings. The van der Waals surface area contributed by atoms with E-state index < -0.39 is 0 Å². The minimum Gasteiger partial charge on any atom is -0.476 e. The van der Waals surface area contributed by atoms with Crippen LogP contribution in [0.2, 0.25) is 0 Å². The largest absolute Gasteiger partial charge is 0.476 e. The van der Waals surface area contributed by atoms with Crippen LogP contribution in [0.5, 0.6) is 17.6 Å². The van der Waals surface area contributed by atoms with Gasteiger partial charge in [-0.25, -0.2) is 15.0 Å². The SMILES string of the molecule is CCCc1coc2ccc3nc(OCCN4CCOCC4)ccc3c12.CCOC(=O)Cc1coc2ccc3c(ccc[n+]3O)c12.O=C1CCC(c2coc3ccc4nc(OCCN5CCOCC5)ccc4c23)C(=O)C1.O=C1CCC(c2coc3ccc4nc(OCCN5CCOCC5)ccc4c23)C(=O)C1.O=C=O.[CH3-].[W]. The summed E-state index contributed by atoms with van der Waals surface area (Å²) >= 11 is 0. The van der Waals surface area contributed by atoms with Crippen LogP contribution in [0.4, 0.5) is 0 Å². The molecule has 0 radical (unpaired) electrons. The van der Waals surface area contributed by atoms with E-state index in [4.69, 9.17) is 60.4 Å². The van der Waals surface area contributed by atoms with Crippen molar-refractivity contribution in [1.29, 1.82) is 0 Å². The van der Waals surface area contributed by atoms with Crippen molar-refractivity contribution in [3.05, 3.63) is 158 Å². The molecule has 0 amide bonds. The van der Waals surface area contributed by atoms with E-state index in [1.807, 2.05) is 79.1 Å². The number of hydrogen-bond acceptors (Lipinski definition) is 25. The van der Waals surface area contributed by atoms with Crippen molar-refractivity contribution in [2.24, 2.45) is 0 Å². The molecule has 4 aromatic carbocycles. The molecule has 26 nitrogen and oxygen atoms in total. The van der Waals surface area contributed by atoms with Crippen LogP contribution in [-0.4, -0.2) is 195 Å². The number of morpholine rings is 3. The zero-order valence-electron chi connectivity index (χ0n) is 61.9. The fourth-order valence-electron chi connectivity index (χ4n) is 14.6. The number of pyridine rings is 4. The summed E-state index contributed by atoms with van der Waals surface area (Å²) in [4.78, 5) is 97.1. The predicted octanol–water partition coefficient (Wildman–Crippen LogP) is 11.9. The van der Waals surface area contributed by atoms with Crippen molar-refractivity contribution in [1.82, 2.24) is 29.7 Å². The molecule has 3 aliphatic heterocycles. The third-order valence-corrected chi connectivity index (χ3v) is 20.0. The Morgan fingerprint density at radius 2 is 0.909 bits per heavy atom. The molecule has 11 heterocycles. The first-order valence-corrected chi connectivity index (χ1v) is 36.8. The zero-order chi connectivity index (χ0) is 74.9. The topological polar surface area (TPSA) is 309 Å². The van der Waals surface area contributed by atoms with E-state index in [0.29, 0.717) is 80.9 Å². The van der Waals surface area contributed by atoms with Crippen LogP contribution in [-0.2, 0) is 86.4 Å². The van der Waals surface area contributed by atoms with Crippen LogP contribution in [0.3, 0.4) is 0 Å². The number of ketones is 4. The summed E-state index contributed by atoms with van der Waals surface area (Å²) in [6.45, 7) is 19.1. The quantitative estimate of drug-likeness (QED) is 0.0258. The molecule has 2 aliphatic carbocycles. The monoisotopic (exact) mass is 1670 g/mol. The standard InChI is InChI=1S/2C23H24N2O5.C20H24N2O3.C15H14NO4.CO2.CH3.W/c2*26-15-1-2-16(20(27)13-15)18-14-30-21-5-4-19-17(23(18)21)3-6-22(24-19)29-12-9-25-7-10-28-11-8-25;1-2-3-15-14-25-18-6-5-17-16(20(15)18)4-7-19(21-17)24-13-10-22-8-11-23-12-9-22;1-2-19-14(17)8-10-9-20-13-6-5-12-11(15(10)13)4-3-7-16(12)18;2-1-3;;/h2*3-6,14,16H,1-2,7-13H2;4-7,14H,2-3,8-13H2,1H3;3-7,9,18H,2,8H2,1H3;;1H3;/q;;;+1;;-1;. The number of aromatic nitrogens is 4. The molecule has 27 heteroatoms. The second kappa shape index (κ2) is 39.0. The Labute approximate surface area is 648 Å². The molecule has 5 aliphatic rings. The fraction of sp³-hybridized carbons (Fsp3) is 0.386. The summed E-state index contributed by atoms with van der Waals surface area (Å²) in [7, 11) is 0. The van der Waals surface area contributed by atoms with Gasteiger partial charge >= 0.3 is 12.1 Å². The van der Waals surface area contributed by atoms with E-state index in [0.717, 1.165) is 204 Å². The Bertz CT molecular complexity index is 5040. The molecule has 2 unspecified atom stereocenters. The number of esters is 1. The average molecular weight is 1670 g/mol. The Balaban J connectivity index is 0.000000144. The van der Waals surface area contributed by atoms with Crippen LogP contribution in [0, 0.1) is 7.43 Å². The number of rotatable bonds is 19. The number of fused-ring (bicyclic) bond motifs is 12. The average Bonchev–Trinajstić information content (AvgIpc) is 1.57. The molecule has 1 N–H and O–H groups in total. The van der Waals surface area contributed by atoms with Gasteiger partial charge in [0.2, 0.25) is 23.8 Å². The van der Waals surface area contributed by atoms with Crippen LogP contribution in [0.15, 0.2) is 146 Å². The molecule has 2 saturated carbocycles. The summed E-state index contributed by atoms with van der Waals surface area (Å²) in [5.74, 6) is 0.963. The molecular weight excluding hydrogens is 1580 g/mol. The van der Waals surface area contributed by atoms with Crippen molar-refractivity contribution >= 4 is 123 Å². The second-order valence-corrected chi connectivity index (χ2v) is 26.9. The van der Waals surface area contributed by atoms with E-state index in [2.05, 4.69) is 42.6 Å². The van der Waals surface area contributed by atoms with Crippen molar-refractivity contribution in [3.8, 4) is 17.6 Å². The summed E-state index contributed by atoms with van der Waals surface area (Å²) in [5.41, 5.74) is 10.0. The number of benzene rings is 4. The Kier molecular flexibility index (Phi) is 28.6. The van der Waals surface area contributed by atoms with E-state index in [9.17, 15) is 29.2 Å². The second-order valence-electron chi connectivity index (χ2n) is 26.9. The summed E-state index contributed by atoms with van der Waals surface area (Å²) in [5, 5.41) is 17.5. The van der Waals surface area contributed by atoms with E-state index in [1.54, 1.807) is 50.1 Å². The van der Waals surface area contributed by atoms with E-state index in [1.165, 1.54) is 10.9 Å². The van der Waals surface area contributed by atoms with Gasteiger partial charge in [0.25, 0.3) is 5.52 Å². The van der Waals surface area contributed by atoms with Gasteiger partial charge in [0.1, 0.15) is 65.3 Å². The molecular formula is C83H89N7O19W. The minimum atomic E-state index is -0.293. The molecule has 12 aromatic rings. The summed E-state index contributed by atoms with van der Waals surface area (Å²) < 4.78 is 62.4. The first kappa shape index (κ1) is 80.9. The number of carbonyl (C=O) groups excluding carboxylic acids is 7. The Morgan fingerprint density at radius 1 is 0.518 bits per heavy atom. The maximum Gasteiger partial charge on any atom is 0.373 e. The van der Waals surface area contributed by atoms with Crippen molar-refractivity contribution < 1.29 is 115 Å². The van der Waals surface area contributed by atoms with Gasteiger partial charge in [0, 0.05) is 194 Å². The van der Waals surface area contributed by atoms with Gasteiger partial charge < -0.3 is 58.3 Å². The van der Waals surface area contributed by atoms with Gasteiger partial charge in [-0.1, -0.05) is 13.3 Å². The maximum atomic E-state index is 12.5. The number of furan rings is 4. The van der Waals surface area contributed by atoms with Gasteiger partial charge in [-0.05, 0) is 98.5 Å². The van der Waals surface area contributed by atoms with E-state index >= 15 is 0 Å². The molecule has 17 rings (SSSR count). The van der Waals surface area contributed by atoms with Gasteiger partial charge in [-0.15, -0.1) is 0 Å². The van der Waals surface area contributed by atoms with E-state index in [-0.39, 0.29) is 94.8 Å². The molecule has 0 bridgehead atoms. The molecule has 3 saturated heterocycles. The molecule has 2 atom stereocenters. The van der Waals surface area contributed by atoms with Gasteiger partial charge in [0.05, 0.1) is 112 Å². The van der Waals surface area contributed by atoms with Gasteiger partial charge in [-0.2, -0.15) is 9.59 Å². The molecule has 8 aromatic heterocycles. The summed E-state index contributed by atoms with van der Waals surface area (Å²) in [6, 6.07) is 30.5. The number of hydrogen-bond donors (Lipinski definition) is 1. The molecule has 0 spiro atoms. The maximum absolute atomic E-state index is 12.5. The van der Waals surface area contributed by atoms with Crippen LogP contribution in [0.1, 0.15) is 92.9 Å². The third kappa shape index (κ3) is 19.5. The van der Waals surface area contributed by atoms with Crippen molar-refractivity contribution in [3.63, 3.8) is 0 Å². The van der Waals surface area contributed by atoms with Crippen molar-refractivity contribution in [2.45, 2.75) is 83.5 Å². The normalized spacial score (nSPS) is 17.1. The smallest absolute Gasteiger partial charge is 0.373 e. The number of ether oxygens (including phenoxy) is 7. The van der Waals surface area contributed by atoms with Crippen LogP contribution in [0.25, 0.3) is 87.5 Å². The first-order valence-electron chi connectivity index (χ1n) is 36.8. The number of carbonyl (C=O) groups is 5. The summed E-state index contributed by atoms with van der Waals surface area (Å²) in [6.07, 6.45) is 12.8. The van der Waals surface area contributed by atoms with Crippen LogP contribution >= 0.6 is 0 Å². The van der Waals surface area contributed by atoms with Gasteiger partial charge in [0.15, 0.2) is 0 Å².